The molecule has 0 saturated carbocycles. The summed E-state index contributed by atoms with van der Waals surface area (Å²) in [5.74, 6) is -0.279. The first kappa shape index (κ1) is 23.9. The second-order valence-corrected chi connectivity index (χ2v) is 9.44. The van der Waals surface area contributed by atoms with Crippen molar-refractivity contribution in [2.45, 2.75) is 51.2 Å². The zero-order chi connectivity index (χ0) is 24.1. The van der Waals surface area contributed by atoms with Gasteiger partial charge < -0.3 is 29.7 Å². The number of rotatable bonds is 11. The maximum atomic E-state index is 13.4. The Balaban J connectivity index is 1.50. The van der Waals surface area contributed by atoms with E-state index in [2.05, 4.69) is 5.32 Å². The number of carbonyl (C=O) groups is 3. The molecule has 2 aromatic rings. The molecule has 34 heavy (non-hydrogen) atoms. The largest absolute Gasteiger partial charge is 0.481 e. The monoisotopic (exact) mass is 487 g/mol. The van der Waals surface area contributed by atoms with Gasteiger partial charge in [0.05, 0.1) is 19.0 Å². The molecular weight excluding hydrogens is 458 g/mol. The molecule has 2 N–H and O–H groups in total. The Morgan fingerprint density at radius 3 is 2.76 bits per heavy atom. The van der Waals surface area contributed by atoms with Crippen LogP contribution in [-0.2, 0) is 16.1 Å². The van der Waals surface area contributed by atoms with Gasteiger partial charge in [-0.05, 0) is 35.6 Å². The molecule has 3 heterocycles. The van der Waals surface area contributed by atoms with Gasteiger partial charge in [-0.2, -0.15) is 0 Å². The second-order valence-electron chi connectivity index (χ2n) is 8.41. The topological polar surface area (TPSA) is 108 Å². The molecule has 0 aliphatic carbocycles. The average molecular weight is 488 g/mol. The van der Waals surface area contributed by atoms with Crippen LogP contribution < -0.4 is 14.8 Å². The molecule has 1 aromatic carbocycles. The van der Waals surface area contributed by atoms with Gasteiger partial charge in [0.15, 0.2) is 11.5 Å². The number of unbranched alkanes of at least 4 members (excludes halogenated alkanes) is 1. The zero-order valence-corrected chi connectivity index (χ0v) is 19.9. The van der Waals surface area contributed by atoms with Crippen molar-refractivity contribution in [1.29, 1.82) is 0 Å². The third-order valence-electron chi connectivity index (χ3n) is 6.06. The molecule has 3 amide bonds. The van der Waals surface area contributed by atoms with Crippen molar-refractivity contribution >= 4 is 29.2 Å². The minimum Gasteiger partial charge on any atom is -0.481 e. The van der Waals surface area contributed by atoms with Gasteiger partial charge in [0.25, 0.3) is 0 Å². The Labute approximate surface area is 202 Å². The van der Waals surface area contributed by atoms with Crippen LogP contribution in [0, 0.1) is 0 Å². The Hall–Kier alpha value is -3.27. The fraction of sp³-hybridized carbons (Fsp3) is 0.458. The van der Waals surface area contributed by atoms with Crippen molar-refractivity contribution in [1.82, 2.24) is 15.1 Å². The summed E-state index contributed by atoms with van der Waals surface area (Å²) in [7, 11) is 0. The first-order chi connectivity index (χ1) is 16.5. The van der Waals surface area contributed by atoms with E-state index in [-0.39, 0.29) is 25.2 Å². The zero-order valence-electron chi connectivity index (χ0n) is 19.1. The lowest BCUT2D eigenvalue weighted by Gasteiger charge is -2.29. The summed E-state index contributed by atoms with van der Waals surface area (Å²) in [6.45, 7) is 3.66. The molecule has 1 fully saturated rings. The summed E-state index contributed by atoms with van der Waals surface area (Å²) in [5.41, 5.74) is 0.612. The highest BCUT2D eigenvalue weighted by Crippen LogP contribution is 2.35. The molecule has 2 aliphatic rings. The molecule has 0 spiro atoms. The van der Waals surface area contributed by atoms with E-state index in [0.29, 0.717) is 43.1 Å². The van der Waals surface area contributed by atoms with Crippen molar-refractivity contribution in [3.63, 3.8) is 0 Å². The highest BCUT2D eigenvalue weighted by Gasteiger charge is 2.38. The van der Waals surface area contributed by atoms with Crippen molar-refractivity contribution in [3.05, 3.63) is 46.2 Å². The highest BCUT2D eigenvalue weighted by molar-refractivity contribution is 7.09. The van der Waals surface area contributed by atoms with Crippen LogP contribution in [0.4, 0.5) is 4.79 Å². The number of nitrogens with zero attached hydrogens (tertiary/aromatic N) is 2. The fourth-order valence-electron chi connectivity index (χ4n) is 4.28. The minimum absolute atomic E-state index is 0.104. The lowest BCUT2D eigenvalue weighted by molar-refractivity contribution is -0.138. The number of hydrogen-bond donors (Lipinski definition) is 2. The Morgan fingerprint density at radius 1 is 1.21 bits per heavy atom. The molecule has 2 unspecified atom stereocenters. The number of nitrogens with one attached hydrogen (secondary N) is 1. The van der Waals surface area contributed by atoms with Crippen LogP contribution in [0.2, 0.25) is 0 Å². The van der Waals surface area contributed by atoms with Gasteiger partial charge in [-0.1, -0.05) is 31.9 Å². The summed E-state index contributed by atoms with van der Waals surface area (Å²) in [6.07, 6.45) is 1.89. The number of amides is 3. The normalized spacial score (nSPS) is 16.6. The quantitative estimate of drug-likeness (QED) is 0.501. The average Bonchev–Trinajstić information content (AvgIpc) is 3.56. The number of fused-ring (bicyclic) bond motifs is 1. The highest BCUT2D eigenvalue weighted by atomic mass is 32.1. The van der Waals surface area contributed by atoms with Crippen LogP contribution in [0.3, 0.4) is 0 Å². The fourth-order valence-corrected chi connectivity index (χ4v) is 5.00. The number of urea groups is 1. The predicted molar refractivity (Wildman–Crippen MR) is 126 cm³/mol. The first-order valence-electron chi connectivity index (χ1n) is 11.5. The van der Waals surface area contributed by atoms with Crippen molar-refractivity contribution in [3.8, 4) is 11.5 Å². The van der Waals surface area contributed by atoms with Crippen LogP contribution in [0.25, 0.3) is 0 Å². The Morgan fingerprint density at radius 2 is 2.03 bits per heavy atom. The number of carboxylic acids is 1. The summed E-state index contributed by atoms with van der Waals surface area (Å²) in [5, 5.41) is 14.3. The van der Waals surface area contributed by atoms with Gasteiger partial charge in [0, 0.05) is 18.0 Å². The van der Waals surface area contributed by atoms with Gasteiger partial charge in [-0.15, -0.1) is 11.3 Å². The van der Waals surface area contributed by atoms with Gasteiger partial charge >= 0.3 is 12.0 Å². The molecule has 10 heteroatoms. The van der Waals surface area contributed by atoms with E-state index in [1.807, 2.05) is 24.4 Å². The van der Waals surface area contributed by atoms with Crippen LogP contribution in [0.1, 0.15) is 49.1 Å². The van der Waals surface area contributed by atoms with Gasteiger partial charge in [-0.3, -0.25) is 9.59 Å². The molecule has 1 aromatic heterocycles. The first-order valence-corrected chi connectivity index (χ1v) is 12.3. The van der Waals surface area contributed by atoms with E-state index >= 15 is 0 Å². The summed E-state index contributed by atoms with van der Waals surface area (Å²) in [4.78, 5) is 42.6. The molecule has 9 nitrogen and oxygen atoms in total. The van der Waals surface area contributed by atoms with E-state index in [0.717, 1.165) is 17.7 Å². The number of carbonyl (C=O) groups excluding carboxylic acids is 2. The van der Waals surface area contributed by atoms with Crippen LogP contribution >= 0.6 is 11.3 Å². The molecule has 1 saturated heterocycles. The van der Waals surface area contributed by atoms with Crippen molar-refractivity contribution < 1.29 is 29.0 Å². The summed E-state index contributed by atoms with van der Waals surface area (Å²) < 4.78 is 10.7. The maximum absolute atomic E-state index is 13.4. The predicted octanol–water partition coefficient (Wildman–Crippen LogP) is 3.61. The van der Waals surface area contributed by atoms with E-state index in [4.69, 9.17) is 9.47 Å². The van der Waals surface area contributed by atoms with Crippen LogP contribution in [0.15, 0.2) is 35.7 Å². The number of carboxylic acid groups (broad SMARTS) is 1. The molecule has 4 rings (SSSR count). The number of thiophene rings is 1. The van der Waals surface area contributed by atoms with Crippen molar-refractivity contribution in [2.24, 2.45) is 0 Å². The number of hydrogen-bond acceptors (Lipinski definition) is 6. The Bertz CT molecular complexity index is 1030. The standard InChI is InChI=1S/C24H29N3O6S/c1-2-3-6-19(27-10-9-26(24(27)31)14-17-5-4-11-34-17)23(30)25-18(13-22(28)29)16-7-8-20-21(12-16)33-15-32-20/h4-5,7-8,11-12,18-19H,2-3,6,9-10,13-15H2,1H3,(H,25,30)(H,28,29). The summed E-state index contributed by atoms with van der Waals surface area (Å²) in [6, 6.07) is 7.49. The Kier molecular flexibility index (Phi) is 7.56. The van der Waals surface area contributed by atoms with Gasteiger partial charge in [0.1, 0.15) is 6.04 Å². The van der Waals surface area contributed by atoms with Gasteiger partial charge in [-0.25, -0.2) is 4.79 Å². The maximum Gasteiger partial charge on any atom is 0.321 e. The van der Waals surface area contributed by atoms with E-state index in [1.54, 1.807) is 39.3 Å². The summed E-state index contributed by atoms with van der Waals surface area (Å²) >= 11 is 1.60. The SMILES string of the molecule is CCCCC(C(=O)NC(CC(=O)O)c1ccc2c(c1)OCO2)N1CCN(Cc2cccs2)C1=O. The molecule has 2 aliphatic heterocycles. The molecule has 0 radical (unpaired) electrons. The van der Waals surface area contributed by atoms with E-state index in [1.165, 1.54) is 0 Å². The van der Waals surface area contributed by atoms with E-state index in [9.17, 15) is 19.5 Å². The molecular formula is C24H29N3O6S. The third kappa shape index (κ3) is 5.44. The van der Waals surface area contributed by atoms with Crippen molar-refractivity contribution in [2.75, 3.05) is 19.9 Å². The second kappa shape index (κ2) is 10.8. The lowest BCUT2D eigenvalue weighted by atomic mass is 10.0. The smallest absolute Gasteiger partial charge is 0.321 e. The molecule has 2 atom stereocenters. The minimum atomic E-state index is -1.03. The molecule has 0 bridgehead atoms. The number of aliphatic carboxylic acids is 1. The number of benzene rings is 1. The molecule has 182 valence electrons. The number of ether oxygens (including phenoxy) is 2. The van der Waals surface area contributed by atoms with Crippen LogP contribution in [0.5, 0.6) is 11.5 Å². The third-order valence-corrected chi connectivity index (χ3v) is 6.92. The van der Waals surface area contributed by atoms with E-state index < -0.39 is 18.1 Å². The van der Waals surface area contributed by atoms with Gasteiger partial charge in [0.2, 0.25) is 12.7 Å². The van der Waals surface area contributed by atoms with Crippen LogP contribution in [-0.4, -0.2) is 58.7 Å². The lowest BCUT2D eigenvalue weighted by Crippen LogP contribution is -2.49.